The highest BCUT2D eigenvalue weighted by molar-refractivity contribution is 7.84. The van der Waals surface area contributed by atoms with E-state index >= 15 is 0 Å². The van der Waals surface area contributed by atoms with Crippen LogP contribution in [-0.4, -0.2) is 65.2 Å². The minimum Gasteiger partial charge on any atom is -0.469 e. The monoisotopic (exact) mass is 602 g/mol. The van der Waals surface area contributed by atoms with Crippen molar-refractivity contribution in [1.29, 1.82) is 0 Å². The fourth-order valence-electron chi connectivity index (χ4n) is 4.95. The van der Waals surface area contributed by atoms with E-state index in [-0.39, 0.29) is 5.97 Å². The molecule has 0 aromatic heterocycles. The van der Waals surface area contributed by atoms with Crippen LogP contribution >= 0.6 is 0 Å². The first-order chi connectivity index (χ1) is 19.9. The first kappa shape index (κ1) is 32.9. The van der Waals surface area contributed by atoms with E-state index < -0.39 is 58.6 Å². The molecule has 1 aliphatic heterocycles. The van der Waals surface area contributed by atoms with Gasteiger partial charge in [0.15, 0.2) is 23.7 Å². The van der Waals surface area contributed by atoms with E-state index in [0.29, 0.717) is 24.8 Å². The van der Waals surface area contributed by atoms with Gasteiger partial charge < -0.3 is 23.7 Å². The topological polar surface area (TPSA) is 132 Å². The largest absolute Gasteiger partial charge is 0.469 e. The Labute approximate surface area is 248 Å². The molecule has 1 saturated heterocycles. The molecule has 0 amide bonds. The van der Waals surface area contributed by atoms with Gasteiger partial charge in [0.25, 0.3) is 0 Å². The van der Waals surface area contributed by atoms with Crippen molar-refractivity contribution in [2.75, 3.05) is 13.4 Å². The van der Waals surface area contributed by atoms with Gasteiger partial charge in [-0.1, -0.05) is 42.5 Å². The van der Waals surface area contributed by atoms with E-state index in [1.807, 2.05) is 49.4 Å². The summed E-state index contributed by atoms with van der Waals surface area (Å²) in [6.07, 6.45) is -0.811. The standard InChI is InChI=1S/C31H38O10S/c1-18-10-15-24(17-25(18)16-23-13-11-22(12-14-23)8-7-9-26(35)37-5)27-28(38-19(2)32)29(39-20(3)33)30(40-21(4)34)31(41-27)42(6)36/h10-15,17,27-31H,7-9,16H2,1-6H3. The van der Waals surface area contributed by atoms with E-state index in [1.165, 1.54) is 34.1 Å². The molecule has 0 radical (unpaired) electrons. The summed E-state index contributed by atoms with van der Waals surface area (Å²) in [5.41, 5.74) is 3.66. The molecule has 6 unspecified atom stereocenters. The summed E-state index contributed by atoms with van der Waals surface area (Å²) in [6.45, 7) is 5.56. The normalized spacial score (nSPS) is 22.5. The maximum absolute atomic E-state index is 12.8. The third-order valence-electron chi connectivity index (χ3n) is 6.92. The average Bonchev–Trinajstić information content (AvgIpc) is 2.91. The molecule has 1 aliphatic rings. The zero-order chi connectivity index (χ0) is 31.0. The molecule has 1 heterocycles. The van der Waals surface area contributed by atoms with Crippen molar-refractivity contribution in [3.63, 3.8) is 0 Å². The number of hydrogen-bond acceptors (Lipinski definition) is 10. The molecule has 1 fully saturated rings. The molecule has 0 spiro atoms. The van der Waals surface area contributed by atoms with Crippen LogP contribution in [0.3, 0.4) is 0 Å². The van der Waals surface area contributed by atoms with E-state index in [1.54, 1.807) is 0 Å². The highest BCUT2D eigenvalue weighted by atomic mass is 32.2. The lowest BCUT2D eigenvalue weighted by Crippen LogP contribution is -2.59. The zero-order valence-electron chi connectivity index (χ0n) is 24.7. The van der Waals surface area contributed by atoms with Crippen LogP contribution in [0.4, 0.5) is 0 Å². The van der Waals surface area contributed by atoms with Crippen molar-refractivity contribution in [1.82, 2.24) is 0 Å². The lowest BCUT2D eigenvalue weighted by molar-refractivity contribution is -0.234. The molecule has 0 bridgehead atoms. The van der Waals surface area contributed by atoms with E-state index in [2.05, 4.69) is 0 Å². The van der Waals surface area contributed by atoms with Crippen molar-refractivity contribution in [2.24, 2.45) is 0 Å². The van der Waals surface area contributed by atoms with Crippen LogP contribution in [0, 0.1) is 6.92 Å². The second-order valence-electron chi connectivity index (χ2n) is 10.3. The molecular formula is C31H38O10S. The number of carbonyl (C=O) groups excluding carboxylic acids is 4. The Morgan fingerprint density at radius 3 is 1.98 bits per heavy atom. The molecular weight excluding hydrogens is 564 g/mol. The summed E-state index contributed by atoms with van der Waals surface area (Å²) < 4.78 is 40.2. The van der Waals surface area contributed by atoms with Gasteiger partial charge >= 0.3 is 23.9 Å². The SMILES string of the molecule is COC(=O)CCCc1ccc(Cc2cc(C3OC(S(C)=O)C(OC(C)=O)C(OC(C)=O)C3OC(C)=O)ccc2C)cc1. The van der Waals surface area contributed by atoms with Gasteiger partial charge in [-0.3, -0.25) is 23.4 Å². The van der Waals surface area contributed by atoms with E-state index in [9.17, 15) is 23.4 Å². The van der Waals surface area contributed by atoms with Gasteiger partial charge in [-0.2, -0.15) is 0 Å². The lowest BCUT2D eigenvalue weighted by Gasteiger charge is -2.44. The minimum atomic E-state index is -1.66. The summed E-state index contributed by atoms with van der Waals surface area (Å²) >= 11 is 0. The molecule has 42 heavy (non-hydrogen) atoms. The molecule has 0 aliphatic carbocycles. The third-order valence-corrected chi connectivity index (χ3v) is 7.96. The first-order valence-electron chi connectivity index (χ1n) is 13.6. The Hall–Kier alpha value is -3.57. The average molecular weight is 603 g/mol. The minimum absolute atomic E-state index is 0.225. The zero-order valence-corrected chi connectivity index (χ0v) is 25.6. The predicted molar refractivity (Wildman–Crippen MR) is 154 cm³/mol. The van der Waals surface area contributed by atoms with Gasteiger partial charge in [-0.25, -0.2) is 0 Å². The van der Waals surface area contributed by atoms with Crippen LogP contribution in [0.2, 0.25) is 0 Å². The Morgan fingerprint density at radius 2 is 1.40 bits per heavy atom. The first-order valence-corrected chi connectivity index (χ1v) is 15.2. The van der Waals surface area contributed by atoms with Gasteiger partial charge in [0.1, 0.15) is 6.10 Å². The maximum Gasteiger partial charge on any atom is 0.305 e. The van der Waals surface area contributed by atoms with Gasteiger partial charge in [0.05, 0.1) is 17.9 Å². The van der Waals surface area contributed by atoms with Crippen LogP contribution in [0.1, 0.15) is 67.5 Å². The second-order valence-corrected chi connectivity index (χ2v) is 11.7. The molecule has 0 N–H and O–H groups in total. The summed E-state index contributed by atoms with van der Waals surface area (Å²) in [5.74, 6) is -2.25. The highest BCUT2D eigenvalue weighted by Crippen LogP contribution is 2.39. The van der Waals surface area contributed by atoms with Crippen molar-refractivity contribution in [2.45, 2.75) is 83.2 Å². The number of ether oxygens (including phenoxy) is 5. The van der Waals surface area contributed by atoms with Crippen LogP contribution in [0.25, 0.3) is 0 Å². The summed E-state index contributed by atoms with van der Waals surface area (Å²) in [4.78, 5) is 47.5. The van der Waals surface area contributed by atoms with E-state index in [4.69, 9.17) is 23.7 Å². The lowest BCUT2D eigenvalue weighted by atomic mass is 9.90. The number of esters is 4. The van der Waals surface area contributed by atoms with Crippen LogP contribution in [0.5, 0.6) is 0 Å². The number of hydrogen-bond donors (Lipinski definition) is 0. The summed E-state index contributed by atoms with van der Waals surface area (Å²) in [7, 11) is -0.282. The molecule has 11 heteroatoms. The number of benzene rings is 2. The molecule has 6 atom stereocenters. The summed E-state index contributed by atoms with van der Waals surface area (Å²) in [6, 6.07) is 13.8. The Kier molecular flexibility index (Phi) is 11.8. The number of rotatable bonds is 11. The fourth-order valence-corrected chi connectivity index (χ4v) is 5.82. The van der Waals surface area contributed by atoms with Gasteiger partial charge in [0.2, 0.25) is 0 Å². The molecule has 2 aromatic rings. The van der Waals surface area contributed by atoms with Crippen molar-refractivity contribution in [3.05, 3.63) is 70.3 Å². The number of methoxy groups -OCH3 is 1. The van der Waals surface area contributed by atoms with Crippen LogP contribution in [-0.2, 0) is 66.5 Å². The van der Waals surface area contributed by atoms with Crippen molar-refractivity contribution in [3.8, 4) is 0 Å². The Balaban J connectivity index is 1.92. The molecule has 228 valence electrons. The summed E-state index contributed by atoms with van der Waals surface area (Å²) in [5, 5.41) is 0. The van der Waals surface area contributed by atoms with Gasteiger partial charge in [-0.15, -0.1) is 0 Å². The third kappa shape index (κ3) is 8.96. The van der Waals surface area contributed by atoms with Crippen molar-refractivity contribution < 1.29 is 47.1 Å². The van der Waals surface area contributed by atoms with Crippen LogP contribution < -0.4 is 0 Å². The smallest absolute Gasteiger partial charge is 0.305 e. The Morgan fingerprint density at radius 1 is 0.833 bits per heavy atom. The van der Waals surface area contributed by atoms with Gasteiger partial charge in [0, 0.05) is 33.4 Å². The number of aryl methyl sites for hydroxylation is 2. The van der Waals surface area contributed by atoms with Crippen molar-refractivity contribution >= 4 is 34.7 Å². The molecule has 10 nitrogen and oxygen atoms in total. The number of carbonyl (C=O) groups is 4. The fraction of sp³-hybridized carbons (Fsp3) is 0.484. The molecule has 2 aromatic carbocycles. The quantitative estimate of drug-likeness (QED) is 0.277. The van der Waals surface area contributed by atoms with Crippen LogP contribution in [0.15, 0.2) is 42.5 Å². The highest BCUT2D eigenvalue weighted by Gasteiger charge is 2.53. The predicted octanol–water partition coefficient (Wildman–Crippen LogP) is 3.65. The molecule has 3 rings (SSSR count). The molecule has 0 saturated carbocycles. The Bertz CT molecular complexity index is 1310. The maximum atomic E-state index is 12.8. The second kappa shape index (κ2) is 15.1. The van der Waals surface area contributed by atoms with Gasteiger partial charge in [-0.05, 0) is 54.0 Å². The van der Waals surface area contributed by atoms with E-state index in [0.717, 1.165) is 28.7 Å².